The highest BCUT2D eigenvalue weighted by Gasteiger charge is 2.18. The quantitative estimate of drug-likeness (QED) is 0.759. The molecule has 1 unspecified atom stereocenters. The van der Waals surface area contributed by atoms with Crippen LogP contribution >= 0.6 is 0 Å². The molecule has 0 aliphatic carbocycles. The number of likely N-dealkylation sites (N-methyl/N-ethyl adjacent to an activating group) is 1. The van der Waals surface area contributed by atoms with Crippen LogP contribution in [0.25, 0.3) is 0 Å². The predicted octanol–water partition coefficient (Wildman–Crippen LogP) is 0.680. The number of hydrogen-bond donors (Lipinski definition) is 1. The number of rotatable bonds is 8. The largest absolute Gasteiger partial charge is 0.493 e. The summed E-state index contributed by atoms with van der Waals surface area (Å²) >= 11 is 0. The molecule has 7 heteroatoms. The number of nitrogens with zero attached hydrogens (tertiary/aromatic N) is 1. The second-order valence-electron chi connectivity index (χ2n) is 4.98. The normalized spacial score (nSPS) is 13.2. The predicted molar refractivity (Wildman–Crippen MR) is 83.7 cm³/mol. The highest BCUT2D eigenvalue weighted by atomic mass is 32.2. The molecule has 0 radical (unpaired) electrons. The molecule has 0 aromatic heterocycles. The summed E-state index contributed by atoms with van der Waals surface area (Å²) in [6.45, 7) is 0.810. The van der Waals surface area contributed by atoms with Gasteiger partial charge in [-0.3, -0.25) is 4.90 Å². The van der Waals surface area contributed by atoms with Crippen LogP contribution in [-0.4, -0.2) is 59.7 Å². The van der Waals surface area contributed by atoms with Gasteiger partial charge in [0.05, 0.1) is 20.0 Å². The molecule has 1 rings (SSSR count). The third-order valence-corrected chi connectivity index (χ3v) is 4.29. The smallest absolute Gasteiger partial charge is 0.161 e. The number of ether oxygens (including phenoxy) is 2. The molecule has 1 atom stereocenters. The van der Waals surface area contributed by atoms with Crippen LogP contribution in [0.1, 0.15) is 11.6 Å². The Labute approximate surface area is 126 Å². The molecule has 0 bridgehead atoms. The molecule has 21 heavy (non-hydrogen) atoms. The van der Waals surface area contributed by atoms with E-state index in [9.17, 15) is 8.42 Å². The topological polar surface area (TPSA) is 81.9 Å². The monoisotopic (exact) mass is 316 g/mol. The van der Waals surface area contributed by atoms with Gasteiger partial charge in [0.2, 0.25) is 0 Å². The standard InChI is InChI=1S/C14H24N2O4S/c1-16(7-8-21(4,17)18)12(10-15)11-5-6-13(19-2)14(9-11)20-3/h5-6,9,12H,7-8,10,15H2,1-4H3. The van der Waals surface area contributed by atoms with Crippen LogP contribution < -0.4 is 15.2 Å². The van der Waals surface area contributed by atoms with E-state index < -0.39 is 9.84 Å². The minimum Gasteiger partial charge on any atom is -0.493 e. The van der Waals surface area contributed by atoms with E-state index >= 15 is 0 Å². The van der Waals surface area contributed by atoms with Crippen LogP contribution in [0.3, 0.4) is 0 Å². The second-order valence-corrected chi connectivity index (χ2v) is 7.24. The Morgan fingerprint density at radius 2 is 1.86 bits per heavy atom. The zero-order chi connectivity index (χ0) is 16.0. The molecule has 0 heterocycles. The average Bonchev–Trinajstić information content (AvgIpc) is 2.45. The minimum atomic E-state index is -2.99. The van der Waals surface area contributed by atoms with E-state index in [2.05, 4.69) is 0 Å². The third-order valence-electron chi connectivity index (χ3n) is 3.36. The number of nitrogens with two attached hydrogens (primary N) is 1. The molecule has 0 aliphatic heterocycles. The van der Waals surface area contributed by atoms with E-state index in [1.807, 2.05) is 30.1 Å². The van der Waals surface area contributed by atoms with Gasteiger partial charge in [0.1, 0.15) is 9.84 Å². The Morgan fingerprint density at radius 1 is 1.24 bits per heavy atom. The maximum Gasteiger partial charge on any atom is 0.161 e. The Bertz CT molecular complexity index is 560. The molecule has 0 saturated heterocycles. The van der Waals surface area contributed by atoms with E-state index in [1.54, 1.807) is 14.2 Å². The van der Waals surface area contributed by atoms with Gasteiger partial charge in [0, 0.05) is 25.4 Å². The van der Waals surface area contributed by atoms with Gasteiger partial charge in [0.25, 0.3) is 0 Å². The summed E-state index contributed by atoms with van der Waals surface area (Å²) in [6.07, 6.45) is 1.23. The maximum atomic E-state index is 11.3. The van der Waals surface area contributed by atoms with E-state index in [0.29, 0.717) is 24.6 Å². The molecule has 120 valence electrons. The van der Waals surface area contributed by atoms with Crippen LogP contribution in [0.15, 0.2) is 18.2 Å². The van der Waals surface area contributed by atoms with Crippen molar-refractivity contribution in [1.82, 2.24) is 4.90 Å². The fourth-order valence-corrected chi connectivity index (χ4v) is 2.72. The van der Waals surface area contributed by atoms with Crippen LogP contribution in [0.4, 0.5) is 0 Å². The van der Waals surface area contributed by atoms with Crippen molar-refractivity contribution in [3.8, 4) is 11.5 Å². The van der Waals surface area contributed by atoms with Crippen molar-refractivity contribution in [2.75, 3.05) is 46.4 Å². The van der Waals surface area contributed by atoms with Crippen LogP contribution in [0.5, 0.6) is 11.5 Å². The van der Waals surface area contributed by atoms with Gasteiger partial charge in [-0.05, 0) is 24.7 Å². The van der Waals surface area contributed by atoms with Crippen LogP contribution in [-0.2, 0) is 9.84 Å². The van der Waals surface area contributed by atoms with Crippen LogP contribution in [0, 0.1) is 0 Å². The Kier molecular flexibility index (Phi) is 6.44. The molecule has 6 nitrogen and oxygen atoms in total. The third kappa shape index (κ3) is 5.18. The summed E-state index contributed by atoms with van der Waals surface area (Å²) in [5.74, 6) is 1.38. The zero-order valence-corrected chi connectivity index (χ0v) is 13.8. The first-order valence-electron chi connectivity index (χ1n) is 6.62. The summed E-state index contributed by atoms with van der Waals surface area (Å²) < 4.78 is 33.0. The first kappa shape index (κ1) is 17.7. The lowest BCUT2D eigenvalue weighted by molar-refractivity contribution is 0.263. The van der Waals surface area contributed by atoms with Crippen LogP contribution in [0.2, 0.25) is 0 Å². The highest BCUT2D eigenvalue weighted by molar-refractivity contribution is 7.90. The van der Waals surface area contributed by atoms with E-state index in [4.69, 9.17) is 15.2 Å². The van der Waals surface area contributed by atoms with Crippen molar-refractivity contribution in [2.45, 2.75) is 6.04 Å². The van der Waals surface area contributed by atoms with Crippen molar-refractivity contribution in [1.29, 1.82) is 0 Å². The van der Waals surface area contributed by atoms with E-state index in [1.165, 1.54) is 6.26 Å². The van der Waals surface area contributed by atoms with Gasteiger partial charge in [-0.2, -0.15) is 0 Å². The summed E-state index contributed by atoms with van der Waals surface area (Å²) in [7, 11) is 2.02. The molecular weight excluding hydrogens is 292 g/mol. The fraction of sp³-hybridized carbons (Fsp3) is 0.571. The molecule has 0 amide bonds. The van der Waals surface area contributed by atoms with Gasteiger partial charge >= 0.3 is 0 Å². The van der Waals surface area contributed by atoms with Crippen molar-refractivity contribution in [3.63, 3.8) is 0 Å². The molecule has 1 aromatic rings. The van der Waals surface area contributed by atoms with E-state index in [0.717, 1.165) is 5.56 Å². The lowest BCUT2D eigenvalue weighted by Crippen LogP contribution is -2.34. The lowest BCUT2D eigenvalue weighted by Gasteiger charge is -2.27. The van der Waals surface area contributed by atoms with Gasteiger partial charge in [-0.25, -0.2) is 8.42 Å². The van der Waals surface area contributed by atoms with Gasteiger partial charge in [-0.15, -0.1) is 0 Å². The van der Waals surface area contributed by atoms with Gasteiger partial charge < -0.3 is 15.2 Å². The van der Waals surface area contributed by atoms with Gasteiger partial charge in [0.15, 0.2) is 11.5 Å². The highest BCUT2D eigenvalue weighted by Crippen LogP contribution is 2.31. The molecule has 0 fully saturated rings. The summed E-state index contributed by atoms with van der Waals surface area (Å²) in [5.41, 5.74) is 6.81. The van der Waals surface area contributed by atoms with Crippen molar-refractivity contribution in [3.05, 3.63) is 23.8 Å². The van der Waals surface area contributed by atoms with Crippen molar-refractivity contribution >= 4 is 9.84 Å². The molecular formula is C14H24N2O4S. The number of benzene rings is 1. The average molecular weight is 316 g/mol. The fourth-order valence-electron chi connectivity index (χ4n) is 2.10. The summed E-state index contributed by atoms with van der Waals surface area (Å²) in [6, 6.07) is 5.52. The molecule has 0 aliphatic rings. The molecule has 2 N–H and O–H groups in total. The zero-order valence-electron chi connectivity index (χ0n) is 13.0. The first-order chi connectivity index (χ1) is 9.82. The first-order valence-corrected chi connectivity index (χ1v) is 8.68. The van der Waals surface area contributed by atoms with Gasteiger partial charge in [-0.1, -0.05) is 6.07 Å². The SMILES string of the molecule is COc1ccc(C(CN)N(C)CCS(C)(=O)=O)cc1OC. The molecule has 0 saturated carbocycles. The minimum absolute atomic E-state index is 0.0773. The second kappa shape index (κ2) is 7.63. The number of sulfone groups is 1. The van der Waals surface area contributed by atoms with Crippen molar-refractivity contribution < 1.29 is 17.9 Å². The van der Waals surface area contributed by atoms with E-state index in [-0.39, 0.29) is 11.8 Å². The Balaban J connectivity index is 2.93. The Morgan fingerprint density at radius 3 is 2.33 bits per heavy atom. The Hall–Kier alpha value is -1.31. The van der Waals surface area contributed by atoms with Crippen molar-refractivity contribution in [2.24, 2.45) is 5.73 Å². The number of methoxy groups -OCH3 is 2. The molecule has 1 aromatic carbocycles. The summed E-state index contributed by atoms with van der Waals surface area (Å²) in [4.78, 5) is 1.93. The lowest BCUT2D eigenvalue weighted by atomic mass is 10.0. The number of hydrogen-bond acceptors (Lipinski definition) is 6. The summed E-state index contributed by atoms with van der Waals surface area (Å²) in [5, 5.41) is 0. The maximum absolute atomic E-state index is 11.3. The molecule has 0 spiro atoms.